The maximum atomic E-state index is 11.6. The summed E-state index contributed by atoms with van der Waals surface area (Å²) in [6.45, 7) is 1.38. The highest BCUT2D eigenvalue weighted by Crippen LogP contribution is 2.12. The van der Waals surface area contributed by atoms with Crippen LogP contribution in [-0.2, 0) is 16.2 Å². The van der Waals surface area contributed by atoms with Gasteiger partial charge in [0.2, 0.25) is 5.96 Å². The van der Waals surface area contributed by atoms with Gasteiger partial charge in [0, 0.05) is 13.1 Å². The highest BCUT2D eigenvalue weighted by atomic mass is 16.7. The summed E-state index contributed by atoms with van der Waals surface area (Å²) in [4.78, 5) is 18.2. The summed E-state index contributed by atoms with van der Waals surface area (Å²) in [7, 11) is 0. The monoisotopic (exact) mass is 307 g/mol. The molecule has 22 heavy (non-hydrogen) atoms. The SMILES string of the molecule is NC(=NOC(=O)COc1ccc(CO)cc1)N1CCCCC1. The second kappa shape index (κ2) is 8.23. The van der Waals surface area contributed by atoms with Crippen LogP contribution < -0.4 is 10.5 Å². The summed E-state index contributed by atoms with van der Waals surface area (Å²) in [6, 6.07) is 6.77. The first-order valence-corrected chi connectivity index (χ1v) is 7.30. The van der Waals surface area contributed by atoms with Crippen molar-refractivity contribution < 1.29 is 19.5 Å². The van der Waals surface area contributed by atoms with Crippen molar-refractivity contribution in [2.45, 2.75) is 25.9 Å². The van der Waals surface area contributed by atoms with E-state index < -0.39 is 5.97 Å². The molecule has 1 aromatic rings. The zero-order valence-corrected chi connectivity index (χ0v) is 12.4. The van der Waals surface area contributed by atoms with Crippen LogP contribution in [0.3, 0.4) is 0 Å². The molecule has 0 radical (unpaired) electrons. The lowest BCUT2D eigenvalue weighted by molar-refractivity contribution is -0.146. The van der Waals surface area contributed by atoms with E-state index in [9.17, 15) is 4.79 Å². The number of guanidine groups is 1. The number of nitrogens with zero attached hydrogens (tertiary/aromatic N) is 2. The van der Waals surface area contributed by atoms with Gasteiger partial charge >= 0.3 is 5.97 Å². The van der Waals surface area contributed by atoms with E-state index >= 15 is 0 Å². The van der Waals surface area contributed by atoms with Gasteiger partial charge in [-0.25, -0.2) is 4.79 Å². The normalized spacial score (nSPS) is 15.5. The minimum Gasteiger partial charge on any atom is -0.482 e. The fourth-order valence-electron chi connectivity index (χ4n) is 2.14. The fraction of sp³-hybridized carbons (Fsp3) is 0.467. The first kappa shape index (κ1) is 16.1. The Labute approximate surface area is 129 Å². The number of aliphatic hydroxyl groups excluding tert-OH is 1. The maximum Gasteiger partial charge on any atom is 0.372 e. The first-order chi connectivity index (χ1) is 10.7. The predicted molar refractivity (Wildman–Crippen MR) is 81.0 cm³/mol. The number of carbonyl (C=O) groups excluding carboxylic acids is 1. The van der Waals surface area contributed by atoms with Gasteiger partial charge in [0.25, 0.3) is 0 Å². The van der Waals surface area contributed by atoms with Crippen molar-refractivity contribution in [1.82, 2.24) is 4.90 Å². The molecule has 1 fully saturated rings. The summed E-state index contributed by atoms with van der Waals surface area (Å²) < 4.78 is 5.27. The van der Waals surface area contributed by atoms with Gasteiger partial charge in [0.15, 0.2) is 6.61 Å². The zero-order chi connectivity index (χ0) is 15.8. The van der Waals surface area contributed by atoms with Gasteiger partial charge in [0.05, 0.1) is 6.61 Å². The number of piperidine rings is 1. The van der Waals surface area contributed by atoms with Gasteiger partial charge in [-0.2, -0.15) is 0 Å². The molecule has 0 bridgehead atoms. The second-order valence-corrected chi connectivity index (χ2v) is 5.05. The average Bonchev–Trinajstić information content (AvgIpc) is 2.59. The van der Waals surface area contributed by atoms with Crippen molar-refractivity contribution in [3.8, 4) is 5.75 Å². The van der Waals surface area contributed by atoms with Crippen LogP contribution in [-0.4, -0.2) is 41.6 Å². The van der Waals surface area contributed by atoms with E-state index in [1.165, 1.54) is 6.42 Å². The number of benzene rings is 1. The van der Waals surface area contributed by atoms with Crippen molar-refractivity contribution in [2.24, 2.45) is 10.9 Å². The standard InChI is InChI=1S/C15H21N3O4/c16-15(18-8-2-1-3-9-18)17-22-14(20)11-21-13-6-4-12(10-19)5-7-13/h4-7,19H,1-3,8-11H2,(H2,16,17). The number of carbonyl (C=O) groups is 1. The van der Waals surface area contributed by atoms with E-state index in [1.807, 2.05) is 4.90 Å². The number of nitrogens with two attached hydrogens (primary N) is 1. The second-order valence-electron chi connectivity index (χ2n) is 5.05. The molecule has 1 heterocycles. The van der Waals surface area contributed by atoms with Crippen LogP contribution in [0.5, 0.6) is 5.75 Å². The Hall–Kier alpha value is -2.28. The maximum absolute atomic E-state index is 11.6. The summed E-state index contributed by atoms with van der Waals surface area (Å²) >= 11 is 0. The Kier molecular flexibility index (Phi) is 6.02. The van der Waals surface area contributed by atoms with Crippen LogP contribution in [0.25, 0.3) is 0 Å². The molecular formula is C15H21N3O4. The van der Waals surface area contributed by atoms with Crippen LogP contribution >= 0.6 is 0 Å². The van der Waals surface area contributed by atoms with E-state index in [0.29, 0.717) is 5.75 Å². The molecule has 1 saturated heterocycles. The topological polar surface area (TPSA) is 97.4 Å². The summed E-state index contributed by atoms with van der Waals surface area (Å²) in [5.41, 5.74) is 6.54. The Bertz CT molecular complexity index is 510. The largest absolute Gasteiger partial charge is 0.482 e. The van der Waals surface area contributed by atoms with Crippen LogP contribution in [0, 0.1) is 0 Å². The number of hydrogen-bond donors (Lipinski definition) is 2. The van der Waals surface area contributed by atoms with E-state index in [4.69, 9.17) is 20.4 Å². The highest BCUT2D eigenvalue weighted by Gasteiger charge is 2.13. The minimum absolute atomic E-state index is 0.0349. The molecule has 2 rings (SSSR count). The van der Waals surface area contributed by atoms with Crippen molar-refractivity contribution in [1.29, 1.82) is 0 Å². The molecule has 0 atom stereocenters. The third kappa shape index (κ3) is 4.92. The molecule has 0 saturated carbocycles. The van der Waals surface area contributed by atoms with Crippen LogP contribution in [0.4, 0.5) is 0 Å². The molecule has 7 heteroatoms. The lowest BCUT2D eigenvalue weighted by Crippen LogP contribution is -2.41. The Morgan fingerprint density at radius 1 is 1.23 bits per heavy atom. The molecule has 1 aromatic carbocycles. The molecule has 7 nitrogen and oxygen atoms in total. The smallest absolute Gasteiger partial charge is 0.372 e. The van der Waals surface area contributed by atoms with Gasteiger partial charge in [-0.1, -0.05) is 12.1 Å². The van der Waals surface area contributed by atoms with E-state index in [0.717, 1.165) is 31.5 Å². The molecule has 0 aromatic heterocycles. The average molecular weight is 307 g/mol. The molecule has 0 amide bonds. The summed E-state index contributed by atoms with van der Waals surface area (Å²) in [5.74, 6) is 0.119. The lowest BCUT2D eigenvalue weighted by Gasteiger charge is -2.26. The third-order valence-corrected chi connectivity index (χ3v) is 3.38. The number of aliphatic hydroxyl groups is 1. The van der Waals surface area contributed by atoms with Gasteiger partial charge in [-0.15, -0.1) is 0 Å². The van der Waals surface area contributed by atoms with Crippen LogP contribution in [0.1, 0.15) is 24.8 Å². The van der Waals surface area contributed by atoms with Crippen molar-refractivity contribution in [3.05, 3.63) is 29.8 Å². The number of rotatable bonds is 5. The Morgan fingerprint density at radius 2 is 1.91 bits per heavy atom. The molecular weight excluding hydrogens is 286 g/mol. The number of likely N-dealkylation sites (tertiary alicyclic amines) is 1. The van der Waals surface area contributed by atoms with Gasteiger partial charge in [-0.3, -0.25) is 0 Å². The van der Waals surface area contributed by atoms with Crippen LogP contribution in [0.2, 0.25) is 0 Å². The summed E-state index contributed by atoms with van der Waals surface area (Å²) in [5, 5.41) is 12.6. The number of oxime groups is 1. The Morgan fingerprint density at radius 3 is 2.55 bits per heavy atom. The van der Waals surface area contributed by atoms with Gasteiger partial charge in [0.1, 0.15) is 5.75 Å². The fourth-order valence-corrected chi connectivity index (χ4v) is 2.14. The summed E-state index contributed by atoms with van der Waals surface area (Å²) in [6.07, 6.45) is 3.32. The highest BCUT2D eigenvalue weighted by molar-refractivity contribution is 5.79. The minimum atomic E-state index is -0.619. The first-order valence-electron chi connectivity index (χ1n) is 7.30. The van der Waals surface area contributed by atoms with Crippen molar-refractivity contribution >= 4 is 11.9 Å². The quantitative estimate of drug-likeness (QED) is 0.362. The van der Waals surface area contributed by atoms with E-state index in [-0.39, 0.29) is 19.2 Å². The molecule has 1 aliphatic heterocycles. The number of ether oxygens (including phenoxy) is 1. The van der Waals surface area contributed by atoms with Crippen molar-refractivity contribution in [2.75, 3.05) is 19.7 Å². The third-order valence-electron chi connectivity index (χ3n) is 3.38. The lowest BCUT2D eigenvalue weighted by atomic mass is 10.1. The number of hydrogen-bond acceptors (Lipinski definition) is 5. The van der Waals surface area contributed by atoms with Crippen LogP contribution in [0.15, 0.2) is 29.4 Å². The molecule has 0 spiro atoms. The Balaban J connectivity index is 1.74. The van der Waals surface area contributed by atoms with Crippen molar-refractivity contribution in [3.63, 3.8) is 0 Å². The van der Waals surface area contributed by atoms with Gasteiger partial charge < -0.3 is 25.3 Å². The molecule has 1 aliphatic rings. The van der Waals surface area contributed by atoms with E-state index in [2.05, 4.69) is 5.16 Å². The molecule has 120 valence electrons. The zero-order valence-electron chi connectivity index (χ0n) is 12.4. The van der Waals surface area contributed by atoms with Gasteiger partial charge in [-0.05, 0) is 42.1 Å². The van der Waals surface area contributed by atoms with E-state index in [1.54, 1.807) is 24.3 Å². The molecule has 0 aliphatic carbocycles. The predicted octanol–water partition coefficient (Wildman–Crippen LogP) is 0.816. The molecule has 0 unspecified atom stereocenters. The molecule has 3 N–H and O–H groups in total.